The van der Waals surface area contributed by atoms with Crippen LogP contribution in [-0.2, 0) is 4.74 Å². The maximum atomic E-state index is 11.1. The molecule has 0 aliphatic rings. The summed E-state index contributed by atoms with van der Waals surface area (Å²) in [5.41, 5.74) is 0. The molecule has 0 rings (SSSR count). The Morgan fingerprint density at radius 3 is 2.50 bits per heavy atom. The van der Waals surface area contributed by atoms with Crippen molar-refractivity contribution >= 4 is 6.09 Å². The van der Waals surface area contributed by atoms with Crippen molar-refractivity contribution in [1.82, 2.24) is 4.90 Å². The lowest BCUT2D eigenvalue weighted by Gasteiger charge is -2.15. The SMILES string of the molecule is CCCCN(C)C(=O)OCCC. The van der Waals surface area contributed by atoms with Crippen LogP contribution in [0.3, 0.4) is 0 Å². The molecule has 0 aliphatic carbocycles. The van der Waals surface area contributed by atoms with Gasteiger partial charge in [-0.3, -0.25) is 0 Å². The van der Waals surface area contributed by atoms with Crippen LogP contribution < -0.4 is 0 Å². The van der Waals surface area contributed by atoms with Gasteiger partial charge in [-0.15, -0.1) is 0 Å². The first kappa shape index (κ1) is 11.3. The number of carbonyl (C=O) groups is 1. The first-order valence-corrected chi connectivity index (χ1v) is 4.60. The van der Waals surface area contributed by atoms with Crippen molar-refractivity contribution in [1.29, 1.82) is 0 Å². The van der Waals surface area contributed by atoms with Crippen molar-refractivity contribution in [3.8, 4) is 0 Å². The van der Waals surface area contributed by atoms with Crippen LogP contribution in [-0.4, -0.2) is 31.2 Å². The lowest BCUT2D eigenvalue weighted by molar-refractivity contribution is 0.111. The van der Waals surface area contributed by atoms with Gasteiger partial charge in [-0.1, -0.05) is 20.3 Å². The fraction of sp³-hybridized carbons (Fsp3) is 0.889. The largest absolute Gasteiger partial charge is 0.449 e. The van der Waals surface area contributed by atoms with Crippen LogP contribution in [0, 0.1) is 0 Å². The smallest absolute Gasteiger partial charge is 0.409 e. The van der Waals surface area contributed by atoms with Gasteiger partial charge in [-0.2, -0.15) is 0 Å². The van der Waals surface area contributed by atoms with Crippen LogP contribution in [0.25, 0.3) is 0 Å². The molecule has 3 nitrogen and oxygen atoms in total. The molecular weight excluding hydrogens is 154 g/mol. The maximum Gasteiger partial charge on any atom is 0.409 e. The minimum Gasteiger partial charge on any atom is -0.449 e. The second-order valence-corrected chi connectivity index (χ2v) is 2.89. The number of unbranched alkanes of at least 4 members (excludes halogenated alkanes) is 1. The fourth-order valence-corrected chi connectivity index (χ4v) is 0.786. The van der Waals surface area contributed by atoms with Crippen LogP contribution in [0.4, 0.5) is 4.79 Å². The maximum absolute atomic E-state index is 11.1. The molecule has 0 spiro atoms. The van der Waals surface area contributed by atoms with Crippen LogP contribution >= 0.6 is 0 Å². The third-order valence-corrected chi connectivity index (χ3v) is 1.59. The average Bonchev–Trinajstić information content (AvgIpc) is 2.10. The average molecular weight is 173 g/mol. The predicted octanol–water partition coefficient (Wildman–Crippen LogP) is 2.26. The second kappa shape index (κ2) is 6.95. The van der Waals surface area contributed by atoms with E-state index in [0.29, 0.717) is 6.61 Å². The summed E-state index contributed by atoms with van der Waals surface area (Å²) in [4.78, 5) is 12.7. The third-order valence-electron chi connectivity index (χ3n) is 1.59. The number of hydrogen-bond donors (Lipinski definition) is 0. The highest BCUT2D eigenvalue weighted by Crippen LogP contribution is 1.95. The number of carbonyl (C=O) groups excluding carboxylic acids is 1. The summed E-state index contributed by atoms with van der Waals surface area (Å²) in [5, 5.41) is 0. The van der Waals surface area contributed by atoms with Crippen molar-refractivity contribution in [3.63, 3.8) is 0 Å². The Morgan fingerprint density at radius 1 is 1.33 bits per heavy atom. The number of amides is 1. The molecule has 0 aromatic rings. The normalized spacial score (nSPS) is 9.58. The highest BCUT2D eigenvalue weighted by atomic mass is 16.6. The molecule has 0 heterocycles. The zero-order valence-electron chi connectivity index (χ0n) is 8.30. The molecule has 0 saturated carbocycles. The second-order valence-electron chi connectivity index (χ2n) is 2.89. The third kappa shape index (κ3) is 4.99. The van der Waals surface area contributed by atoms with Crippen LogP contribution in [0.1, 0.15) is 33.1 Å². The van der Waals surface area contributed by atoms with Gasteiger partial charge in [-0.05, 0) is 12.8 Å². The van der Waals surface area contributed by atoms with Gasteiger partial charge in [0.25, 0.3) is 0 Å². The van der Waals surface area contributed by atoms with E-state index in [0.717, 1.165) is 25.8 Å². The van der Waals surface area contributed by atoms with E-state index in [2.05, 4.69) is 6.92 Å². The summed E-state index contributed by atoms with van der Waals surface area (Å²) >= 11 is 0. The first-order chi connectivity index (χ1) is 5.72. The van der Waals surface area contributed by atoms with Crippen LogP contribution in [0.15, 0.2) is 0 Å². The predicted molar refractivity (Wildman–Crippen MR) is 49.2 cm³/mol. The monoisotopic (exact) mass is 173 g/mol. The Balaban J connectivity index is 3.47. The number of ether oxygens (including phenoxy) is 1. The van der Waals surface area contributed by atoms with Crippen molar-refractivity contribution < 1.29 is 9.53 Å². The van der Waals surface area contributed by atoms with E-state index in [4.69, 9.17) is 4.74 Å². The molecule has 0 unspecified atom stereocenters. The van der Waals surface area contributed by atoms with E-state index in [-0.39, 0.29) is 6.09 Å². The molecule has 0 fully saturated rings. The van der Waals surface area contributed by atoms with E-state index in [9.17, 15) is 4.79 Å². The highest BCUT2D eigenvalue weighted by molar-refractivity contribution is 5.67. The van der Waals surface area contributed by atoms with Gasteiger partial charge >= 0.3 is 6.09 Å². The van der Waals surface area contributed by atoms with E-state index < -0.39 is 0 Å². The molecule has 0 aromatic carbocycles. The topological polar surface area (TPSA) is 29.5 Å². The van der Waals surface area contributed by atoms with Crippen molar-refractivity contribution in [3.05, 3.63) is 0 Å². The van der Waals surface area contributed by atoms with Gasteiger partial charge in [0.15, 0.2) is 0 Å². The Kier molecular flexibility index (Phi) is 6.53. The lowest BCUT2D eigenvalue weighted by atomic mass is 10.3. The minimum atomic E-state index is -0.203. The lowest BCUT2D eigenvalue weighted by Crippen LogP contribution is -2.28. The molecule has 72 valence electrons. The molecule has 0 radical (unpaired) electrons. The molecule has 0 aliphatic heterocycles. The minimum absolute atomic E-state index is 0.203. The van der Waals surface area contributed by atoms with Gasteiger partial charge in [-0.25, -0.2) is 4.79 Å². The summed E-state index contributed by atoms with van der Waals surface area (Å²) in [6.45, 7) is 5.40. The molecule has 0 bridgehead atoms. The van der Waals surface area contributed by atoms with Gasteiger partial charge in [0.05, 0.1) is 6.61 Å². The summed E-state index contributed by atoms with van der Waals surface area (Å²) < 4.78 is 4.94. The molecule has 3 heteroatoms. The molecule has 0 atom stereocenters. The quantitative estimate of drug-likeness (QED) is 0.638. The van der Waals surface area contributed by atoms with Gasteiger partial charge in [0.2, 0.25) is 0 Å². The molecule has 0 saturated heterocycles. The fourth-order valence-electron chi connectivity index (χ4n) is 0.786. The van der Waals surface area contributed by atoms with Gasteiger partial charge in [0, 0.05) is 13.6 Å². The Bertz CT molecular complexity index is 126. The van der Waals surface area contributed by atoms with Crippen molar-refractivity contribution in [2.45, 2.75) is 33.1 Å². The van der Waals surface area contributed by atoms with E-state index >= 15 is 0 Å². The van der Waals surface area contributed by atoms with Gasteiger partial charge in [0.1, 0.15) is 0 Å². The van der Waals surface area contributed by atoms with Crippen LogP contribution in [0.2, 0.25) is 0 Å². The van der Waals surface area contributed by atoms with Crippen molar-refractivity contribution in [2.75, 3.05) is 20.2 Å². The van der Waals surface area contributed by atoms with Gasteiger partial charge < -0.3 is 9.64 Å². The van der Waals surface area contributed by atoms with E-state index in [1.165, 1.54) is 0 Å². The van der Waals surface area contributed by atoms with Crippen LogP contribution in [0.5, 0.6) is 0 Å². The summed E-state index contributed by atoms with van der Waals surface area (Å²) in [6.07, 6.45) is 2.82. The number of hydrogen-bond acceptors (Lipinski definition) is 2. The summed E-state index contributed by atoms with van der Waals surface area (Å²) in [6, 6.07) is 0. The molecule has 1 amide bonds. The Morgan fingerprint density at radius 2 is 2.00 bits per heavy atom. The summed E-state index contributed by atoms with van der Waals surface area (Å²) in [5.74, 6) is 0. The highest BCUT2D eigenvalue weighted by Gasteiger charge is 2.07. The van der Waals surface area contributed by atoms with Crippen molar-refractivity contribution in [2.24, 2.45) is 0 Å². The zero-order valence-corrected chi connectivity index (χ0v) is 8.30. The Hall–Kier alpha value is -0.730. The Labute approximate surface area is 74.7 Å². The molecule has 0 N–H and O–H groups in total. The standard InChI is InChI=1S/C9H19NO2/c1-4-6-7-10(3)9(11)12-8-5-2/h4-8H2,1-3H3. The molecule has 12 heavy (non-hydrogen) atoms. The number of rotatable bonds is 5. The first-order valence-electron chi connectivity index (χ1n) is 4.60. The number of nitrogens with zero attached hydrogens (tertiary/aromatic N) is 1. The zero-order chi connectivity index (χ0) is 9.40. The summed E-state index contributed by atoms with van der Waals surface area (Å²) in [7, 11) is 1.77. The van der Waals surface area contributed by atoms with E-state index in [1.807, 2.05) is 6.92 Å². The van der Waals surface area contributed by atoms with E-state index in [1.54, 1.807) is 11.9 Å². The molecular formula is C9H19NO2. The molecule has 0 aromatic heterocycles.